The third-order valence-electron chi connectivity index (χ3n) is 4.25. The standard InChI is InChI=1S/C18H21N5O4S2/c1-12-15(8-10-27-12)17-21-22-18(23(17)2)28-11-16(24)20-9-7-13-3-5-14(6-4-13)29(19,25)26/h3-6,8,10H,7,9,11H2,1-2H3,(H,20,24)(H2,19,25,26). The number of carbonyl (C=O) groups is 1. The number of furan rings is 1. The normalized spacial score (nSPS) is 11.6. The number of rotatable bonds is 8. The number of hydrogen-bond acceptors (Lipinski definition) is 7. The van der Waals surface area contributed by atoms with Crippen LogP contribution in [-0.4, -0.2) is 41.4 Å². The molecule has 0 spiro atoms. The predicted octanol–water partition coefficient (Wildman–Crippen LogP) is 1.48. The summed E-state index contributed by atoms with van der Waals surface area (Å²) in [5.74, 6) is 1.52. The number of hydrogen-bond donors (Lipinski definition) is 2. The summed E-state index contributed by atoms with van der Waals surface area (Å²) in [6.45, 7) is 2.29. The van der Waals surface area contributed by atoms with Crippen molar-refractivity contribution in [1.29, 1.82) is 0 Å². The molecule has 0 bridgehead atoms. The van der Waals surface area contributed by atoms with Crippen molar-refractivity contribution < 1.29 is 17.6 Å². The average Bonchev–Trinajstić information content (AvgIpc) is 3.25. The third-order valence-corrected chi connectivity index (χ3v) is 6.20. The van der Waals surface area contributed by atoms with E-state index < -0.39 is 10.0 Å². The molecule has 3 N–H and O–H groups in total. The van der Waals surface area contributed by atoms with E-state index in [1.165, 1.54) is 23.9 Å². The summed E-state index contributed by atoms with van der Waals surface area (Å²) in [4.78, 5) is 12.2. The minimum atomic E-state index is -3.70. The molecule has 11 heteroatoms. The van der Waals surface area contributed by atoms with Crippen molar-refractivity contribution in [2.24, 2.45) is 12.2 Å². The monoisotopic (exact) mass is 435 g/mol. The molecule has 1 amide bonds. The molecule has 3 rings (SSSR count). The lowest BCUT2D eigenvalue weighted by Gasteiger charge is -2.06. The molecule has 0 aliphatic carbocycles. The van der Waals surface area contributed by atoms with Crippen LogP contribution in [0.15, 0.2) is 51.1 Å². The first-order valence-corrected chi connectivity index (χ1v) is 11.2. The van der Waals surface area contributed by atoms with Gasteiger partial charge in [-0.3, -0.25) is 4.79 Å². The Labute approximate surface area is 172 Å². The van der Waals surface area contributed by atoms with Gasteiger partial charge in [-0.25, -0.2) is 13.6 Å². The average molecular weight is 436 g/mol. The van der Waals surface area contributed by atoms with Crippen LogP contribution in [0, 0.1) is 6.92 Å². The molecule has 0 aliphatic rings. The van der Waals surface area contributed by atoms with Crippen molar-refractivity contribution >= 4 is 27.7 Å². The van der Waals surface area contributed by atoms with Crippen molar-refractivity contribution in [3.63, 3.8) is 0 Å². The van der Waals surface area contributed by atoms with Crippen LogP contribution < -0.4 is 10.5 Å². The number of benzene rings is 1. The molecule has 0 unspecified atom stereocenters. The van der Waals surface area contributed by atoms with E-state index in [0.29, 0.717) is 23.9 Å². The van der Waals surface area contributed by atoms with E-state index in [0.717, 1.165) is 16.9 Å². The Morgan fingerprint density at radius 1 is 1.24 bits per heavy atom. The highest BCUT2D eigenvalue weighted by Gasteiger charge is 2.15. The molecule has 0 saturated carbocycles. The largest absolute Gasteiger partial charge is 0.469 e. The zero-order chi connectivity index (χ0) is 21.0. The van der Waals surface area contributed by atoms with Gasteiger partial charge < -0.3 is 14.3 Å². The van der Waals surface area contributed by atoms with Crippen molar-refractivity contribution in [3.8, 4) is 11.4 Å². The first kappa shape index (κ1) is 21.1. The van der Waals surface area contributed by atoms with Gasteiger partial charge in [0.25, 0.3) is 0 Å². The summed E-state index contributed by atoms with van der Waals surface area (Å²) >= 11 is 1.30. The van der Waals surface area contributed by atoms with Crippen LogP contribution in [0.1, 0.15) is 11.3 Å². The summed E-state index contributed by atoms with van der Waals surface area (Å²) in [6, 6.07) is 8.10. The fourth-order valence-electron chi connectivity index (χ4n) is 2.67. The molecule has 29 heavy (non-hydrogen) atoms. The fourth-order valence-corrected chi connectivity index (χ4v) is 3.92. The molecule has 0 aliphatic heterocycles. The summed E-state index contributed by atoms with van der Waals surface area (Å²) in [5.41, 5.74) is 1.77. The molecule has 2 heterocycles. The number of thioether (sulfide) groups is 1. The van der Waals surface area contributed by atoms with E-state index in [9.17, 15) is 13.2 Å². The van der Waals surface area contributed by atoms with Gasteiger partial charge in [0.15, 0.2) is 11.0 Å². The molecule has 154 valence electrons. The van der Waals surface area contributed by atoms with Crippen LogP contribution in [0.2, 0.25) is 0 Å². The lowest BCUT2D eigenvalue weighted by Crippen LogP contribution is -2.27. The van der Waals surface area contributed by atoms with E-state index in [2.05, 4.69) is 15.5 Å². The van der Waals surface area contributed by atoms with Crippen LogP contribution >= 0.6 is 11.8 Å². The number of sulfonamides is 1. The van der Waals surface area contributed by atoms with Crippen molar-refractivity contribution in [3.05, 3.63) is 47.9 Å². The number of nitrogens with zero attached hydrogens (tertiary/aromatic N) is 3. The zero-order valence-corrected chi connectivity index (χ0v) is 17.6. The zero-order valence-electron chi connectivity index (χ0n) is 16.0. The second-order valence-corrected chi connectivity index (χ2v) is 8.84. The minimum Gasteiger partial charge on any atom is -0.469 e. The summed E-state index contributed by atoms with van der Waals surface area (Å²) in [5, 5.41) is 16.8. The second-order valence-electron chi connectivity index (χ2n) is 6.33. The van der Waals surface area contributed by atoms with Crippen molar-refractivity contribution in [2.45, 2.75) is 23.4 Å². The van der Waals surface area contributed by atoms with Crippen molar-refractivity contribution in [2.75, 3.05) is 12.3 Å². The highest BCUT2D eigenvalue weighted by Crippen LogP contribution is 2.25. The first-order valence-electron chi connectivity index (χ1n) is 8.71. The number of amides is 1. The van der Waals surface area contributed by atoms with E-state index in [-0.39, 0.29) is 16.6 Å². The minimum absolute atomic E-state index is 0.0651. The molecule has 1 aromatic carbocycles. The Hall–Kier alpha value is -2.63. The Morgan fingerprint density at radius 3 is 2.59 bits per heavy atom. The Kier molecular flexibility index (Phi) is 6.40. The van der Waals surface area contributed by atoms with E-state index in [1.807, 2.05) is 24.6 Å². The van der Waals surface area contributed by atoms with Gasteiger partial charge in [0, 0.05) is 13.6 Å². The quantitative estimate of drug-likeness (QED) is 0.512. The molecular formula is C18H21N5O4S2. The lowest BCUT2D eigenvalue weighted by molar-refractivity contribution is -0.118. The van der Waals surface area contributed by atoms with Gasteiger partial charge in [0.1, 0.15) is 5.76 Å². The molecule has 3 aromatic rings. The predicted molar refractivity (Wildman–Crippen MR) is 109 cm³/mol. The van der Waals surface area contributed by atoms with Gasteiger partial charge >= 0.3 is 0 Å². The molecule has 0 atom stereocenters. The fraction of sp³-hybridized carbons (Fsp3) is 0.278. The Bertz CT molecular complexity index is 1100. The third kappa shape index (κ3) is 5.25. The maximum absolute atomic E-state index is 12.1. The maximum atomic E-state index is 12.1. The SMILES string of the molecule is Cc1occc1-c1nnc(SCC(=O)NCCc2ccc(S(N)(=O)=O)cc2)n1C. The number of carbonyl (C=O) groups excluding carboxylic acids is 1. The molecule has 0 fully saturated rings. The molecule has 0 saturated heterocycles. The van der Waals surface area contributed by atoms with E-state index >= 15 is 0 Å². The van der Waals surface area contributed by atoms with Gasteiger partial charge in [-0.15, -0.1) is 10.2 Å². The van der Waals surface area contributed by atoms with E-state index in [4.69, 9.17) is 9.56 Å². The topological polar surface area (TPSA) is 133 Å². The van der Waals surface area contributed by atoms with Gasteiger partial charge in [-0.1, -0.05) is 23.9 Å². The first-order chi connectivity index (χ1) is 13.8. The van der Waals surface area contributed by atoms with Crippen molar-refractivity contribution in [1.82, 2.24) is 20.1 Å². The van der Waals surface area contributed by atoms with Crippen LogP contribution in [0.3, 0.4) is 0 Å². The highest BCUT2D eigenvalue weighted by molar-refractivity contribution is 7.99. The summed E-state index contributed by atoms with van der Waals surface area (Å²) in [6.07, 6.45) is 2.18. The molecule has 2 aromatic heterocycles. The number of aromatic nitrogens is 3. The number of nitrogens with one attached hydrogen (secondary N) is 1. The lowest BCUT2D eigenvalue weighted by atomic mass is 10.1. The number of nitrogens with two attached hydrogens (primary N) is 1. The maximum Gasteiger partial charge on any atom is 0.238 e. The number of primary sulfonamides is 1. The second kappa shape index (κ2) is 8.80. The Morgan fingerprint density at radius 2 is 1.97 bits per heavy atom. The molecule has 0 radical (unpaired) electrons. The molecular weight excluding hydrogens is 414 g/mol. The van der Waals surface area contributed by atoms with Crippen LogP contribution in [0.5, 0.6) is 0 Å². The smallest absolute Gasteiger partial charge is 0.238 e. The van der Waals surface area contributed by atoms with Gasteiger partial charge in [0.05, 0.1) is 22.5 Å². The van der Waals surface area contributed by atoms with Crippen LogP contribution in [0.4, 0.5) is 0 Å². The Balaban J connectivity index is 1.47. The van der Waals surface area contributed by atoms with E-state index in [1.54, 1.807) is 18.4 Å². The number of aryl methyl sites for hydroxylation is 1. The van der Waals surface area contributed by atoms with Gasteiger partial charge in [0.2, 0.25) is 15.9 Å². The van der Waals surface area contributed by atoms with Gasteiger partial charge in [-0.05, 0) is 37.1 Å². The molecule has 9 nitrogen and oxygen atoms in total. The summed E-state index contributed by atoms with van der Waals surface area (Å²) in [7, 11) is -1.86. The van der Waals surface area contributed by atoms with Crippen LogP contribution in [0.25, 0.3) is 11.4 Å². The summed E-state index contributed by atoms with van der Waals surface area (Å²) < 4.78 is 29.6. The highest BCUT2D eigenvalue weighted by atomic mass is 32.2. The van der Waals surface area contributed by atoms with Crippen LogP contribution in [-0.2, 0) is 28.3 Å². The van der Waals surface area contributed by atoms with Gasteiger partial charge in [-0.2, -0.15) is 0 Å².